The number of fused-ring (bicyclic) bond motifs is 4. The van der Waals surface area contributed by atoms with Gasteiger partial charge in [-0.3, -0.25) is 4.79 Å². The maximum atomic E-state index is 12.7. The first-order valence-corrected chi connectivity index (χ1v) is 9.22. The Bertz CT molecular complexity index is 1340. The largest absolute Gasteiger partial charge is 0.338 e. The number of carbonyl (C=O) groups excluding carboxylic acids is 1. The van der Waals surface area contributed by atoms with Gasteiger partial charge in [0.15, 0.2) is 5.65 Å². The summed E-state index contributed by atoms with van der Waals surface area (Å²) in [4.78, 5) is 25.3. The van der Waals surface area contributed by atoms with Gasteiger partial charge in [0.25, 0.3) is 5.91 Å². The number of aromatic nitrogens is 3. The van der Waals surface area contributed by atoms with Crippen LogP contribution in [0, 0.1) is 0 Å². The van der Waals surface area contributed by atoms with Gasteiger partial charge in [-0.25, -0.2) is 9.97 Å². The van der Waals surface area contributed by atoms with Gasteiger partial charge in [-0.05, 0) is 48.5 Å². The highest BCUT2D eigenvalue weighted by atomic mass is 79.9. The summed E-state index contributed by atoms with van der Waals surface area (Å²) in [6, 6.07) is 20.8. The highest BCUT2D eigenvalue weighted by molar-refractivity contribution is 9.10. The van der Waals surface area contributed by atoms with Crippen molar-refractivity contribution in [2.45, 2.75) is 0 Å². The second-order valence-corrected chi connectivity index (χ2v) is 7.18. The number of halogens is 1. The second kappa shape index (κ2) is 6.17. The Morgan fingerprint density at radius 3 is 2.56 bits per heavy atom. The third-order valence-electron chi connectivity index (χ3n) is 4.44. The number of carbonyl (C=O) groups is 1. The molecule has 5 nitrogen and oxygen atoms in total. The number of aromatic amines is 1. The Balaban J connectivity index is 1.60. The molecule has 0 aliphatic carbocycles. The van der Waals surface area contributed by atoms with E-state index in [4.69, 9.17) is 4.98 Å². The van der Waals surface area contributed by atoms with Crippen LogP contribution in [-0.2, 0) is 0 Å². The van der Waals surface area contributed by atoms with E-state index in [0.29, 0.717) is 11.2 Å². The van der Waals surface area contributed by atoms with E-state index in [9.17, 15) is 4.79 Å². The van der Waals surface area contributed by atoms with E-state index in [1.165, 1.54) is 0 Å². The molecule has 2 heterocycles. The van der Waals surface area contributed by atoms with Crippen molar-refractivity contribution in [1.82, 2.24) is 15.0 Å². The Morgan fingerprint density at radius 1 is 0.926 bits per heavy atom. The lowest BCUT2D eigenvalue weighted by Crippen LogP contribution is -2.11. The van der Waals surface area contributed by atoms with Crippen molar-refractivity contribution < 1.29 is 4.79 Å². The Morgan fingerprint density at radius 2 is 1.74 bits per heavy atom. The van der Waals surface area contributed by atoms with E-state index >= 15 is 0 Å². The third kappa shape index (κ3) is 2.84. The molecule has 2 N–H and O–H groups in total. The minimum atomic E-state index is -0.168. The summed E-state index contributed by atoms with van der Waals surface area (Å²) < 4.78 is 0.912. The van der Waals surface area contributed by atoms with E-state index < -0.39 is 0 Å². The zero-order valence-corrected chi connectivity index (χ0v) is 15.6. The van der Waals surface area contributed by atoms with Gasteiger partial charge < -0.3 is 10.3 Å². The van der Waals surface area contributed by atoms with E-state index in [2.05, 4.69) is 31.2 Å². The van der Waals surface area contributed by atoms with Crippen LogP contribution in [0.3, 0.4) is 0 Å². The highest BCUT2D eigenvalue weighted by Gasteiger charge is 2.12. The normalized spacial score (nSPS) is 11.3. The molecule has 6 heteroatoms. The number of H-pyrrole nitrogens is 1. The summed E-state index contributed by atoms with van der Waals surface area (Å²) >= 11 is 3.41. The molecule has 2 aromatic heterocycles. The van der Waals surface area contributed by atoms with Crippen molar-refractivity contribution >= 4 is 60.6 Å². The molecule has 0 spiro atoms. The zero-order chi connectivity index (χ0) is 18.4. The zero-order valence-electron chi connectivity index (χ0n) is 14.0. The summed E-state index contributed by atoms with van der Waals surface area (Å²) in [6.45, 7) is 0. The molecule has 0 atom stereocenters. The molecule has 27 heavy (non-hydrogen) atoms. The number of anilines is 1. The van der Waals surface area contributed by atoms with Crippen molar-refractivity contribution in [2.24, 2.45) is 0 Å². The predicted octanol–water partition coefficient (Wildman–Crippen LogP) is 5.28. The first kappa shape index (κ1) is 16.0. The quantitative estimate of drug-likeness (QED) is 0.411. The Hall–Kier alpha value is -3.25. The monoisotopic (exact) mass is 416 g/mol. The first-order chi connectivity index (χ1) is 13.2. The fourth-order valence-electron chi connectivity index (χ4n) is 3.16. The van der Waals surface area contributed by atoms with Crippen LogP contribution in [0.2, 0.25) is 0 Å². The van der Waals surface area contributed by atoms with Crippen LogP contribution in [0.4, 0.5) is 5.69 Å². The smallest absolute Gasteiger partial charge is 0.255 e. The summed E-state index contributed by atoms with van der Waals surface area (Å²) in [5.41, 5.74) is 5.35. The van der Waals surface area contributed by atoms with Gasteiger partial charge in [-0.1, -0.05) is 34.1 Å². The number of nitrogens with one attached hydrogen (secondary N) is 2. The van der Waals surface area contributed by atoms with Crippen LogP contribution >= 0.6 is 15.9 Å². The van der Waals surface area contributed by atoms with Crippen molar-refractivity contribution in [1.29, 1.82) is 0 Å². The summed E-state index contributed by atoms with van der Waals surface area (Å²) in [5.74, 6) is -0.168. The van der Waals surface area contributed by atoms with E-state index in [1.54, 1.807) is 6.07 Å². The van der Waals surface area contributed by atoms with Crippen LogP contribution in [0.25, 0.3) is 33.1 Å². The Kier molecular flexibility index (Phi) is 3.65. The fraction of sp³-hybridized carbons (Fsp3) is 0. The predicted molar refractivity (Wildman–Crippen MR) is 111 cm³/mol. The molecule has 1 amide bonds. The molecular formula is C21H13BrN4O. The maximum Gasteiger partial charge on any atom is 0.255 e. The number of benzene rings is 3. The van der Waals surface area contributed by atoms with Crippen molar-refractivity contribution in [3.63, 3.8) is 0 Å². The molecule has 5 aromatic rings. The topological polar surface area (TPSA) is 70.7 Å². The van der Waals surface area contributed by atoms with Crippen LogP contribution < -0.4 is 5.32 Å². The average molecular weight is 417 g/mol. The number of amides is 1. The Labute approximate surface area is 162 Å². The minimum absolute atomic E-state index is 0.168. The number of nitrogens with zero attached hydrogens (tertiary/aromatic N) is 2. The van der Waals surface area contributed by atoms with Crippen LogP contribution in [0.5, 0.6) is 0 Å². The van der Waals surface area contributed by atoms with Crippen molar-refractivity contribution in [2.75, 3.05) is 5.32 Å². The molecule has 130 valence electrons. The fourth-order valence-corrected chi connectivity index (χ4v) is 3.56. The van der Waals surface area contributed by atoms with Crippen molar-refractivity contribution in [3.8, 4) is 0 Å². The molecule has 3 aromatic carbocycles. The lowest BCUT2D eigenvalue weighted by Gasteiger charge is -2.06. The van der Waals surface area contributed by atoms with Gasteiger partial charge in [0.2, 0.25) is 0 Å². The first-order valence-electron chi connectivity index (χ1n) is 8.42. The average Bonchev–Trinajstić information content (AvgIpc) is 3.02. The number of hydrogen-bond acceptors (Lipinski definition) is 3. The van der Waals surface area contributed by atoms with Crippen LogP contribution in [-0.4, -0.2) is 20.9 Å². The second-order valence-electron chi connectivity index (χ2n) is 6.26. The summed E-state index contributed by atoms with van der Waals surface area (Å²) in [6.07, 6.45) is 0. The number of hydrogen-bond donors (Lipinski definition) is 2. The molecule has 0 fully saturated rings. The van der Waals surface area contributed by atoms with Gasteiger partial charge >= 0.3 is 0 Å². The number of rotatable bonds is 2. The molecule has 0 saturated carbocycles. The van der Waals surface area contributed by atoms with Crippen LogP contribution in [0.1, 0.15) is 10.4 Å². The SMILES string of the molecule is O=C(Nc1cccc(Br)c1)c1ccc2[nH]c3nc4ccccc4nc3c2c1. The maximum absolute atomic E-state index is 12.7. The van der Waals surface area contributed by atoms with E-state index in [-0.39, 0.29) is 5.91 Å². The molecule has 0 aliphatic rings. The molecule has 5 rings (SSSR count). The van der Waals surface area contributed by atoms with Crippen molar-refractivity contribution in [3.05, 3.63) is 76.8 Å². The van der Waals surface area contributed by atoms with E-state index in [1.807, 2.05) is 60.7 Å². The molecule has 0 unspecified atom stereocenters. The summed E-state index contributed by atoms with van der Waals surface area (Å²) in [7, 11) is 0. The van der Waals surface area contributed by atoms with Crippen LogP contribution in [0.15, 0.2) is 71.2 Å². The molecule has 0 saturated heterocycles. The summed E-state index contributed by atoms with van der Waals surface area (Å²) in [5, 5.41) is 3.80. The molecule has 0 radical (unpaired) electrons. The van der Waals surface area contributed by atoms with Gasteiger partial charge in [0.1, 0.15) is 5.52 Å². The third-order valence-corrected chi connectivity index (χ3v) is 4.94. The molecule has 0 aliphatic heterocycles. The standard InChI is InChI=1S/C21H13BrN4O/c22-13-4-3-5-14(11-13)23-21(27)12-8-9-16-15(10-12)19-20(25-16)26-18-7-2-1-6-17(18)24-19/h1-11H,(H,23,27)(H,25,26). The van der Waals surface area contributed by atoms with E-state index in [0.717, 1.165) is 37.6 Å². The molecule has 0 bridgehead atoms. The van der Waals surface area contributed by atoms with Gasteiger partial charge in [-0.15, -0.1) is 0 Å². The highest BCUT2D eigenvalue weighted by Crippen LogP contribution is 2.26. The van der Waals surface area contributed by atoms with Gasteiger partial charge in [0.05, 0.1) is 11.0 Å². The lowest BCUT2D eigenvalue weighted by molar-refractivity contribution is 0.102. The minimum Gasteiger partial charge on any atom is -0.338 e. The lowest BCUT2D eigenvalue weighted by atomic mass is 10.1. The van der Waals surface area contributed by atoms with Gasteiger partial charge in [0, 0.05) is 26.6 Å². The van der Waals surface area contributed by atoms with Gasteiger partial charge in [-0.2, -0.15) is 0 Å². The number of para-hydroxylation sites is 2. The molecular weight excluding hydrogens is 404 g/mol.